The highest BCUT2D eigenvalue weighted by atomic mass is 16.5. The molecule has 0 aromatic heterocycles. The fraction of sp³-hybridized carbons (Fsp3) is 0.409. The van der Waals surface area contributed by atoms with Crippen LogP contribution >= 0.6 is 0 Å². The second kappa shape index (κ2) is 11.8. The van der Waals surface area contributed by atoms with E-state index in [2.05, 4.69) is 29.1 Å². The molecule has 0 atom stereocenters. The Hall–Kier alpha value is -2.93. The van der Waals surface area contributed by atoms with Crippen molar-refractivity contribution in [1.82, 2.24) is 4.90 Å². The molecular formula is C22H32N4O3. The molecule has 2 aromatic carbocycles. The van der Waals surface area contributed by atoms with Crippen molar-refractivity contribution in [3.8, 4) is 17.2 Å². The monoisotopic (exact) mass is 400 g/mol. The van der Waals surface area contributed by atoms with Crippen LogP contribution in [0.2, 0.25) is 0 Å². The van der Waals surface area contributed by atoms with E-state index in [9.17, 15) is 0 Å². The predicted octanol–water partition coefficient (Wildman–Crippen LogP) is 3.35. The fourth-order valence-electron chi connectivity index (χ4n) is 2.79. The number of ether oxygens (including phenoxy) is 3. The molecule has 2 aromatic rings. The van der Waals surface area contributed by atoms with Crippen LogP contribution in [0.25, 0.3) is 0 Å². The molecule has 2 rings (SSSR count). The van der Waals surface area contributed by atoms with Gasteiger partial charge in [0.2, 0.25) is 0 Å². The van der Waals surface area contributed by atoms with Crippen molar-refractivity contribution in [2.45, 2.75) is 20.4 Å². The van der Waals surface area contributed by atoms with Crippen LogP contribution in [0.4, 0.5) is 5.69 Å². The molecule has 0 aliphatic carbocycles. The van der Waals surface area contributed by atoms with E-state index in [1.165, 1.54) is 0 Å². The van der Waals surface area contributed by atoms with E-state index in [-0.39, 0.29) is 0 Å². The number of methoxy groups -OCH3 is 2. The summed E-state index contributed by atoms with van der Waals surface area (Å²) in [4.78, 5) is 6.71. The summed E-state index contributed by atoms with van der Waals surface area (Å²) in [6.07, 6.45) is 0. The molecule has 0 amide bonds. The van der Waals surface area contributed by atoms with Gasteiger partial charge in [-0.25, -0.2) is 4.99 Å². The minimum Gasteiger partial charge on any atom is -0.497 e. The van der Waals surface area contributed by atoms with Crippen LogP contribution in [-0.4, -0.2) is 51.3 Å². The van der Waals surface area contributed by atoms with Crippen LogP contribution in [0, 0.1) is 0 Å². The molecule has 158 valence electrons. The highest BCUT2D eigenvalue weighted by Gasteiger charge is 2.07. The van der Waals surface area contributed by atoms with Gasteiger partial charge in [-0.15, -0.1) is 0 Å². The van der Waals surface area contributed by atoms with Crippen LogP contribution in [0.3, 0.4) is 0 Å². The van der Waals surface area contributed by atoms with E-state index in [1.807, 2.05) is 42.5 Å². The number of nitrogens with zero attached hydrogens (tertiary/aromatic N) is 2. The maximum atomic E-state index is 5.99. The summed E-state index contributed by atoms with van der Waals surface area (Å²) >= 11 is 0. The topological polar surface area (TPSA) is 81.3 Å². The van der Waals surface area contributed by atoms with Gasteiger partial charge < -0.3 is 30.2 Å². The second-order valence-corrected chi connectivity index (χ2v) is 6.42. The van der Waals surface area contributed by atoms with E-state index < -0.39 is 0 Å². The standard InChI is InChI=1S/C22H32N4O3/c1-5-26(6-2)13-14-29-20-12-7-17(15-21(20)28-4)16-24-22(23)25-18-8-10-19(27-3)11-9-18/h7-12,15H,5-6,13-14,16H2,1-4H3,(H3,23,24,25). The van der Waals surface area contributed by atoms with Crippen LogP contribution in [0.5, 0.6) is 17.2 Å². The first-order chi connectivity index (χ1) is 14.1. The quantitative estimate of drug-likeness (QED) is 0.445. The molecule has 3 N–H and O–H groups in total. The van der Waals surface area contributed by atoms with Gasteiger partial charge in [-0.05, 0) is 55.1 Å². The van der Waals surface area contributed by atoms with Gasteiger partial charge in [0, 0.05) is 12.2 Å². The number of rotatable bonds is 11. The lowest BCUT2D eigenvalue weighted by molar-refractivity contribution is 0.217. The van der Waals surface area contributed by atoms with Crippen LogP contribution in [-0.2, 0) is 6.54 Å². The van der Waals surface area contributed by atoms with E-state index in [1.54, 1.807) is 14.2 Å². The Morgan fingerprint density at radius 3 is 2.34 bits per heavy atom. The highest BCUT2D eigenvalue weighted by Crippen LogP contribution is 2.28. The molecule has 0 fully saturated rings. The van der Waals surface area contributed by atoms with E-state index in [0.29, 0.717) is 24.9 Å². The van der Waals surface area contributed by atoms with Crippen LogP contribution in [0.1, 0.15) is 19.4 Å². The second-order valence-electron chi connectivity index (χ2n) is 6.42. The summed E-state index contributed by atoms with van der Waals surface area (Å²) < 4.78 is 16.5. The van der Waals surface area contributed by atoms with Crippen molar-refractivity contribution >= 4 is 11.6 Å². The number of nitrogens with two attached hydrogens (primary N) is 1. The first-order valence-corrected chi connectivity index (χ1v) is 9.82. The molecule has 7 heteroatoms. The maximum Gasteiger partial charge on any atom is 0.193 e. The van der Waals surface area contributed by atoms with Gasteiger partial charge in [-0.1, -0.05) is 19.9 Å². The van der Waals surface area contributed by atoms with Crippen LogP contribution in [0.15, 0.2) is 47.5 Å². The van der Waals surface area contributed by atoms with Gasteiger partial charge >= 0.3 is 0 Å². The lowest BCUT2D eigenvalue weighted by atomic mass is 10.2. The van der Waals surface area contributed by atoms with Crippen molar-refractivity contribution in [3.63, 3.8) is 0 Å². The number of anilines is 1. The molecule has 0 saturated heterocycles. The first kappa shape index (κ1) is 22.4. The van der Waals surface area contributed by atoms with E-state index >= 15 is 0 Å². The molecule has 29 heavy (non-hydrogen) atoms. The SMILES string of the molecule is CCN(CC)CCOc1ccc(CN=C(N)Nc2ccc(OC)cc2)cc1OC. The summed E-state index contributed by atoms with van der Waals surface area (Å²) in [7, 11) is 3.27. The molecule has 0 aliphatic rings. The molecule has 0 radical (unpaired) electrons. The number of likely N-dealkylation sites (N-methyl/N-ethyl adjacent to an activating group) is 1. The number of hydrogen-bond donors (Lipinski definition) is 2. The molecule has 0 aliphatic heterocycles. The number of hydrogen-bond acceptors (Lipinski definition) is 5. The Labute approximate surface area is 173 Å². The zero-order chi connectivity index (χ0) is 21.1. The lowest BCUT2D eigenvalue weighted by Crippen LogP contribution is -2.27. The number of aliphatic imine (C=N–C) groups is 1. The zero-order valence-electron chi connectivity index (χ0n) is 17.8. The zero-order valence-corrected chi connectivity index (χ0v) is 17.8. The van der Waals surface area contributed by atoms with Crippen molar-refractivity contribution in [1.29, 1.82) is 0 Å². The smallest absolute Gasteiger partial charge is 0.193 e. The molecule has 0 saturated carbocycles. The van der Waals surface area contributed by atoms with Gasteiger partial charge in [0.15, 0.2) is 17.5 Å². The Bertz CT molecular complexity index is 774. The number of benzene rings is 2. The average Bonchev–Trinajstić information content (AvgIpc) is 2.76. The van der Waals surface area contributed by atoms with E-state index in [4.69, 9.17) is 19.9 Å². The fourth-order valence-corrected chi connectivity index (χ4v) is 2.79. The van der Waals surface area contributed by atoms with Gasteiger partial charge in [0.05, 0.1) is 20.8 Å². The van der Waals surface area contributed by atoms with E-state index in [0.717, 1.165) is 42.4 Å². The average molecular weight is 401 g/mol. The number of nitrogens with one attached hydrogen (secondary N) is 1. The summed E-state index contributed by atoms with van der Waals surface area (Å²) in [5.74, 6) is 2.56. The highest BCUT2D eigenvalue weighted by molar-refractivity contribution is 5.92. The minimum absolute atomic E-state index is 0.341. The molecule has 7 nitrogen and oxygen atoms in total. The largest absolute Gasteiger partial charge is 0.497 e. The Balaban J connectivity index is 1.93. The Morgan fingerprint density at radius 1 is 1.00 bits per heavy atom. The third-order valence-corrected chi connectivity index (χ3v) is 4.58. The minimum atomic E-state index is 0.341. The molecule has 0 unspecified atom stereocenters. The van der Waals surface area contributed by atoms with Crippen LogP contribution < -0.4 is 25.3 Å². The predicted molar refractivity (Wildman–Crippen MR) is 118 cm³/mol. The van der Waals surface area contributed by atoms with Gasteiger partial charge in [0.1, 0.15) is 12.4 Å². The van der Waals surface area contributed by atoms with Crippen molar-refractivity contribution in [3.05, 3.63) is 48.0 Å². The maximum absolute atomic E-state index is 5.99. The molecule has 0 spiro atoms. The lowest BCUT2D eigenvalue weighted by Gasteiger charge is -2.18. The third kappa shape index (κ3) is 7.19. The molecule has 0 heterocycles. The van der Waals surface area contributed by atoms with Crippen molar-refractivity contribution in [2.24, 2.45) is 10.7 Å². The molecule has 0 bridgehead atoms. The van der Waals surface area contributed by atoms with Gasteiger partial charge in [0.25, 0.3) is 0 Å². The summed E-state index contributed by atoms with van der Waals surface area (Å²) in [6.45, 7) is 8.26. The summed E-state index contributed by atoms with van der Waals surface area (Å²) in [5.41, 5.74) is 7.82. The van der Waals surface area contributed by atoms with Gasteiger partial charge in [-0.3, -0.25) is 0 Å². The third-order valence-electron chi connectivity index (χ3n) is 4.58. The Kier molecular flexibility index (Phi) is 9.11. The first-order valence-electron chi connectivity index (χ1n) is 9.82. The Morgan fingerprint density at radius 2 is 1.72 bits per heavy atom. The van der Waals surface area contributed by atoms with Crippen molar-refractivity contribution in [2.75, 3.05) is 45.8 Å². The normalized spacial score (nSPS) is 11.4. The van der Waals surface area contributed by atoms with Gasteiger partial charge in [-0.2, -0.15) is 0 Å². The number of guanidine groups is 1. The molecular weight excluding hydrogens is 368 g/mol. The van der Waals surface area contributed by atoms with Crippen molar-refractivity contribution < 1.29 is 14.2 Å². The summed E-state index contributed by atoms with van der Waals surface area (Å²) in [5, 5.41) is 3.06. The summed E-state index contributed by atoms with van der Waals surface area (Å²) in [6, 6.07) is 13.3.